The first-order valence-electron chi connectivity index (χ1n) is 4.85. The molecule has 0 heterocycles. The van der Waals surface area contributed by atoms with E-state index in [-0.39, 0.29) is 5.85 Å². The average molecular weight is 237 g/mol. The van der Waals surface area contributed by atoms with E-state index in [2.05, 4.69) is 19.6 Å². The third kappa shape index (κ3) is 3.80. The molecule has 0 fully saturated rings. The van der Waals surface area contributed by atoms with Gasteiger partial charge in [-0.05, 0) is 0 Å². The minimum absolute atomic E-state index is 0.228. The summed E-state index contributed by atoms with van der Waals surface area (Å²) in [6.07, 6.45) is 0. The highest BCUT2D eigenvalue weighted by atomic mass is 28.4. The number of hydrogen-bond acceptors (Lipinski definition) is 4. The van der Waals surface area contributed by atoms with Gasteiger partial charge in [0.05, 0.1) is 13.9 Å². The SMILES string of the molecule is CC[Si](OC)(OC)OC(N)[Si](C)(C)C. The summed E-state index contributed by atoms with van der Waals surface area (Å²) in [5.74, 6) is -0.228. The summed E-state index contributed by atoms with van der Waals surface area (Å²) in [6.45, 7) is 8.49. The third-order valence-corrected chi connectivity index (χ3v) is 7.00. The molecule has 1 atom stereocenters. The van der Waals surface area contributed by atoms with Crippen molar-refractivity contribution >= 4 is 16.9 Å². The molecule has 0 aromatic carbocycles. The highest BCUT2D eigenvalue weighted by molar-refractivity contribution is 6.78. The van der Waals surface area contributed by atoms with Crippen molar-refractivity contribution in [2.24, 2.45) is 5.73 Å². The minimum Gasteiger partial charge on any atom is -0.377 e. The normalized spacial score (nSPS) is 15.6. The van der Waals surface area contributed by atoms with E-state index < -0.39 is 16.9 Å². The zero-order valence-corrected chi connectivity index (χ0v) is 12.1. The largest absolute Gasteiger partial charge is 0.501 e. The monoisotopic (exact) mass is 237 g/mol. The molecule has 0 saturated carbocycles. The van der Waals surface area contributed by atoms with E-state index in [1.54, 1.807) is 14.2 Å². The molecule has 0 rings (SSSR count). The Morgan fingerprint density at radius 3 is 1.79 bits per heavy atom. The van der Waals surface area contributed by atoms with Gasteiger partial charge in [0.1, 0.15) is 0 Å². The number of hydrogen-bond donors (Lipinski definition) is 1. The highest BCUT2D eigenvalue weighted by Crippen LogP contribution is 2.18. The number of rotatable bonds is 6. The molecule has 0 bridgehead atoms. The van der Waals surface area contributed by atoms with Gasteiger partial charge in [0.15, 0.2) is 0 Å². The van der Waals surface area contributed by atoms with Crippen LogP contribution in [0.2, 0.25) is 25.7 Å². The van der Waals surface area contributed by atoms with Crippen molar-refractivity contribution in [2.45, 2.75) is 38.5 Å². The molecule has 86 valence electrons. The smallest absolute Gasteiger partial charge is 0.377 e. The van der Waals surface area contributed by atoms with Crippen molar-refractivity contribution < 1.29 is 13.3 Å². The Morgan fingerprint density at radius 2 is 1.57 bits per heavy atom. The van der Waals surface area contributed by atoms with Gasteiger partial charge >= 0.3 is 8.80 Å². The van der Waals surface area contributed by atoms with Gasteiger partial charge in [0.2, 0.25) is 0 Å². The lowest BCUT2D eigenvalue weighted by Gasteiger charge is -2.33. The second kappa shape index (κ2) is 5.38. The van der Waals surface area contributed by atoms with Gasteiger partial charge in [0, 0.05) is 20.3 Å². The van der Waals surface area contributed by atoms with Gasteiger partial charge in [-0.1, -0.05) is 26.6 Å². The standard InChI is InChI=1S/C8H23NO3Si2/c1-7-14(10-2,11-3)12-8(9)13(4,5)6/h8H,7,9H2,1-6H3. The fraction of sp³-hybridized carbons (Fsp3) is 1.00. The van der Waals surface area contributed by atoms with Crippen LogP contribution in [0.4, 0.5) is 0 Å². The number of nitrogens with two attached hydrogens (primary N) is 1. The molecule has 2 N–H and O–H groups in total. The van der Waals surface area contributed by atoms with Gasteiger partial charge in [-0.3, -0.25) is 0 Å². The molecular weight excluding hydrogens is 214 g/mol. The Kier molecular flexibility index (Phi) is 5.49. The van der Waals surface area contributed by atoms with Crippen molar-refractivity contribution in [1.82, 2.24) is 0 Å². The molecule has 0 saturated heterocycles. The van der Waals surface area contributed by atoms with Gasteiger partial charge < -0.3 is 19.0 Å². The van der Waals surface area contributed by atoms with E-state index >= 15 is 0 Å². The van der Waals surface area contributed by atoms with Crippen molar-refractivity contribution in [2.75, 3.05) is 14.2 Å². The Labute approximate surface area is 89.1 Å². The Balaban J connectivity index is 4.45. The van der Waals surface area contributed by atoms with Gasteiger partial charge in [-0.25, -0.2) is 0 Å². The van der Waals surface area contributed by atoms with Crippen LogP contribution < -0.4 is 5.73 Å². The molecule has 0 aromatic rings. The second-order valence-corrected chi connectivity index (χ2v) is 12.8. The van der Waals surface area contributed by atoms with E-state index in [0.29, 0.717) is 0 Å². The van der Waals surface area contributed by atoms with Gasteiger partial charge in [-0.2, -0.15) is 0 Å². The molecule has 14 heavy (non-hydrogen) atoms. The van der Waals surface area contributed by atoms with Crippen molar-refractivity contribution in [3.05, 3.63) is 0 Å². The van der Waals surface area contributed by atoms with Crippen molar-refractivity contribution in [1.29, 1.82) is 0 Å². The summed E-state index contributed by atoms with van der Waals surface area (Å²) in [6, 6.07) is 0.748. The molecule has 0 amide bonds. The van der Waals surface area contributed by atoms with Crippen LogP contribution in [-0.2, 0) is 13.3 Å². The second-order valence-electron chi connectivity index (χ2n) is 4.35. The van der Waals surface area contributed by atoms with Gasteiger partial charge in [-0.15, -0.1) is 0 Å². The predicted octanol–water partition coefficient (Wildman–Crippen LogP) is 1.42. The molecule has 0 aliphatic carbocycles. The maximum Gasteiger partial charge on any atom is 0.501 e. The minimum atomic E-state index is -2.48. The Hall–Kier alpha value is 0.274. The van der Waals surface area contributed by atoms with Crippen molar-refractivity contribution in [3.63, 3.8) is 0 Å². The van der Waals surface area contributed by atoms with E-state index in [4.69, 9.17) is 19.0 Å². The van der Waals surface area contributed by atoms with Crippen LogP contribution in [0, 0.1) is 0 Å². The molecule has 1 unspecified atom stereocenters. The highest BCUT2D eigenvalue weighted by Gasteiger charge is 2.41. The quantitative estimate of drug-likeness (QED) is 0.561. The lowest BCUT2D eigenvalue weighted by atomic mass is 11.0. The summed E-state index contributed by atoms with van der Waals surface area (Å²) < 4.78 is 16.5. The first-order valence-corrected chi connectivity index (χ1v) is 10.4. The van der Waals surface area contributed by atoms with E-state index in [0.717, 1.165) is 6.04 Å². The maximum atomic E-state index is 5.98. The molecule has 0 radical (unpaired) electrons. The van der Waals surface area contributed by atoms with E-state index in [1.165, 1.54) is 0 Å². The summed E-state index contributed by atoms with van der Waals surface area (Å²) in [5.41, 5.74) is 5.98. The maximum absolute atomic E-state index is 5.98. The summed E-state index contributed by atoms with van der Waals surface area (Å²) >= 11 is 0. The topological polar surface area (TPSA) is 53.7 Å². The first kappa shape index (κ1) is 14.3. The van der Waals surface area contributed by atoms with E-state index in [9.17, 15) is 0 Å². The van der Waals surface area contributed by atoms with E-state index in [1.807, 2.05) is 6.92 Å². The summed E-state index contributed by atoms with van der Waals surface area (Å²) in [5, 5.41) is 0. The molecule has 0 aliphatic heterocycles. The fourth-order valence-corrected chi connectivity index (χ4v) is 4.36. The molecule has 4 nitrogen and oxygen atoms in total. The van der Waals surface area contributed by atoms with Crippen LogP contribution in [0.3, 0.4) is 0 Å². The Morgan fingerprint density at radius 1 is 1.14 bits per heavy atom. The molecular formula is C8H23NO3Si2. The van der Waals surface area contributed by atoms with Crippen LogP contribution in [0.15, 0.2) is 0 Å². The van der Waals surface area contributed by atoms with Crippen LogP contribution in [0.25, 0.3) is 0 Å². The zero-order chi connectivity index (χ0) is 11.4. The van der Waals surface area contributed by atoms with Crippen LogP contribution in [-0.4, -0.2) is 36.9 Å². The average Bonchev–Trinajstić information content (AvgIpc) is 2.12. The molecule has 0 aromatic heterocycles. The molecule has 0 aliphatic rings. The van der Waals surface area contributed by atoms with Crippen LogP contribution in [0.5, 0.6) is 0 Å². The molecule has 6 heteroatoms. The zero-order valence-electron chi connectivity index (χ0n) is 10.1. The lowest BCUT2D eigenvalue weighted by Crippen LogP contribution is -2.56. The van der Waals surface area contributed by atoms with Crippen LogP contribution in [0.1, 0.15) is 6.92 Å². The Bertz CT molecular complexity index is 160. The van der Waals surface area contributed by atoms with Gasteiger partial charge in [0.25, 0.3) is 0 Å². The fourth-order valence-electron chi connectivity index (χ4n) is 0.922. The first-order chi connectivity index (χ1) is 6.31. The predicted molar refractivity (Wildman–Crippen MR) is 62.7 cm³/mol. The lowest BCUT2D eigenvalue weighted by molar-refractivity contribution is 0.0845. The van der Waals surface area contributed by atoms with Crippen molar-refractivity contribution in [3.8, 4) is 0 Å². The van der Waals surface area contributed by atoms with Crippen LogP contribution >= 0.6 is 0 Å². The third-order valence-electron chi connectivity index (χ3n) is 2.22. The summed E-state index contributed by atoms with van der Waals surface area (Å²) in [4.78, 5) is 0. The molecule has 0 spiro atoms. The summed E-state index contributed by atoms with van der Waals surface area (Å²) in [7, 11) is -0.727.